The Labute approximate surface area is 288 Å². The van der Waals surface area contributed by atoms with E-state index in [0.29, 0.717) is 43.7 Å². The number of hydrogen-bond donors (Lipinski definition) is 2. The van der Waals surface area contributed by atoms with Crippen LogP contribution in [0.5, 0.6) is 5.75 Å². The highest BCUT2D eigenvalue weighted by Gasteiger charge is 2.57. The topological polar surface area (TPSA) is 101 Å². The van der Waals surface area contributed by atoms with E-state index in [1.807, 2.05) is 84.9 Å². The average Bonchev–Trinajstić information content (AvgIpc) is 3.64. The van der Waals surface area contributed by atoms with Gasteiger partial charge in [-0.05, 0) is 109 Å². The molecule has 8 nitrogen and oxygen atoms in total. The Bertz CT molecular complexity index is 1880. The molecule has 3 aliphatic rings. The fourth-order valence-corrected chi connectivity index (χ4v) is 7.74. The Morgan fingerprint density at radius 2 is 1.77 bits per heavy atom. The lowest BCUT2D eigenvalue weighted by atomic mass is 9.69. The van der Waals surface area contributed by atoms with Gasteiger partial charge in [-0.25, -0.2) is 0 Å². The number of pyridine rings is 1. The van der Waals surface area contributed by atoms with Gasteiger partial charge in [-0.1, -0.05) is 40.2 Å². The zero-order chi connectivity index (χ0) is 33.2. The summed E-state index contributed by atoms with van der Waals surface area (Å²) >= 11 is 3.51. The molecule has 0 unspecified atom stereocenters. The molecular formula is C39H36BrN3O5. The van der Waals surface area contributed by atoms with Crippen LogP contribution in [0.3, 0.4) is 0 Å². The van der Waals surface area contributed by atoms with Gasteiger partial charge in [0.1, 0.15) is 5.75 Å². The number of nitrogens with zero attached hydrogens (tertiary/aromatic N) is 2. The number of ether oxygens (including phenoxy) is 2. The molecule has 2 aliphatic heterocycles. The molecule has 2 amide bonds. The maximum atomic E-state index is 14.1. The predicted molar refractivity (Wildman–Crippen MR) is 190 cm³/mol. The highest BCUT2D eigenvalue weighted by atomic mass is 79.9. The van der Waals surface area contributed by atoms with Crippen molar-refractivity contribution < 1.29 is 24.2 Å². The van der Waals surface area contributed by atoms with Crippen LogP contribution in [-0.4, -0.2) is 48.3 Å². The lowest BCUT2D eigenvalue weighted by molar-refractivity contribution is -0.122. The Hall–Kier alpha value is -4.57. The minimum atomic E-state index is -0.482. The second-order valence-corrected chi connectivity index (χ2v) is 13.3. The van der Waals surface area contributed by atoms with E-state index in [9.17, 15) is 14.7 Å². The van der Waals surface area contributed by atoms with E-state index in [1.165, 1.54) is 4.90 Å². The number of benzene rings is 3. The standard InChI is InChI=1S/C39H36BrN3O5/c1-47-22-26-21-31-37(39(46)43(38(31)45)30-14-12-29(13-15-30)42-28-7-3-2-4-8-28)32-23-48-35(36(26)32)17-10-24(33-9-5-6-18-41-33)19-25-20-27(40)11-16-34(25)44/h2-9,11-16,18-20,31-32,35,37,42,44H,10,17,21-23H2,1H3/b24-19-/t31-,32+,35-,37-/m1/s1. The number of phenolic OH excluding ortho intramolecular Hbond substituents is 1. The Kier molecular flexibility index (Phi) is 9.26. The third-order valence-electron chi connectivity index (χ3n) is 9.50. The summed E-state index contributed by atoms with van der Waals surface area (Å²) in [6.45, 7) is 0.751. The number of amides is 2. The number of allylic oxidation sites excluding steroid dienone is 1. The predicted octanol–water partition coefficient (Wildman–Crippen LogP) is 7.78. The SMILES string of the molecule is COCC1=C2[C@@H](CC/C(=C/c3cc(Br)ccc3O)c3ccccn3)OC[C@@H]2[C@@H]2C(=O)N(c3ccc(Nc4ccccc4)cc3)C(=O)[C@@H]2C1. The maximum Gasteiger partial charge on any atom is 0.238 e. The van der Waals surface area contributed by atoms with Crippen molar-refractivity contribution in [2.45, 2.75) is 25.4 Å². The third kappa shape index (κ3) is 6.33. The number of para-hydroxylation sites is 1. The van der Waals surface area contributed by atoms with Crippen LogP contribution >= 0.6 is 15.9 Å². The van der Waals surface area contributed by atoms with Crippen LogP contribution in [0.25, 0.3) is 11.6 Å². The zero-order valence-corrected chi connectivity index (χ0v) is 28.1. The van der Waals surface area contributed by atoms with Gasteiger partial charge in [0.2, 0.25) is 11.8 Å². The van der Waals surface area contributed by atoms with Crippen LogP contribution in [0.15, 0.2) is 113 Å². The molecule has 3 aromatic carbocycles. The number of aromatic hydroxyl groups is 1. The minimum Gasteiger partial charge on any atom is -0.507 e. The summed E-state index contributed by atoms with van der Waals surface area (Å²) < 4.78 is 13.0. The van der Waals surface area contributed by atoms with Crippen molar-refractivity contribution in [2.75, 3.05) is 30.5 Å². The fourth-order valence-electron chi connectivity index (χ4n) is 7.36. The highest BCUT2D eigenvalue weighted by molar-refractivity contribution is 9.10. The summed E-state index contributed by atoms with van der Waals surface area (Å²) in [5, 5.41) is 13.9. The quantitative estimate of drug-likeness (QED) is 0.128. The summed E-state index contributed by atoms with van der Waals surface area (Å²) in [5.74, 6) is -1.29. The van der Waals surface area contributed by atoms with Gasteiger partial charge in [-0.15, -0.1) is 0 Å². The van der Waals surface area contributed by atoms with Gasteiger partial charge < -0.3 is 19.9 Å². The van der Waals surface area contributed by atoms with Gasteiger partial charge in [0.25, 0.3) is 0 Å². The molecule has 1 aromatic heterocycles. The number of phenols is 1. The van der Waals surface area contributed by atoms with Gasteiger partial charge in [-0.3, -0.25) is 19.5 Å². The number of aromatic nitrogens is 1. The van der Waals surface area contributed by atoms with Gasteiger partial charge in [0, 0.05) is 40.6 Å². The number of nitrogens with one attached hydrogen (secondary N) is 1. The molecule has 48 heavy (non-hydrogen) atoms. The molecule has 0 bridgehead atoms. The van der Waals surface area contributed by atoms with Crippen LogP contribution in [0.1, 0.15) is 30.5 Å². The van der Waals surface area contributed by atoms with Gasteiger partial charge in [0.05, 0.1) is 42.5 Å². The summed E-state index contributed by atoms with van der Waals surface area (Å²) in [4.78, 5) is 33.9. The van der Waals surface area contributed by atoms with Gasteiger partial charge >= 0.3 is 0 Å². The molecule has 1 aliphatic carbocycles. The van der Waals surface area contributed by atoms with E-state index in [0.717, 1.165) is 38.3 Å². The maximum absolute atomic E-state index is 14.1. The smallest absolute Gasteiger partial charge is 0.238 e. The summed E-state index contributed by atoms with van der Waals surface area (Å²) in [6.07, 6.45) is 5.23. The summed E-state index contributed by atoms with van der Waals surface area (Å²) in [6, 6.07) is 28.4. The van der Waals surface area contributed by atoms with Crippen molar-refractivity contribution >= 4 is 56.5 Å². The molecule has 0 radical (unpaired) electrons. The number of halogens is 1. The average molecular weight is 707 g/mol. The molecule has 7 rings (SSSR count). The van der Waals surface area contributed by atoms with Gasteiger partial charge in [0.15, 0.2) is 0 Å². The number of hydrogen-bond acceptors (Lipinski definition) is 7. The second kappa shape index (κ2) is 13.9. The largest absolute Gasteiger partial charge is 0.507 e. The molecule has 2 saturated heterocycles. The highest BCUT2D eigenvalue weighted by Crippen LogP contribution is 2.51. The van der Waals surface area contributed by atoms with E-state index >= 15 is 0 Å². The molecule has 0 saturated carbocycles. The van der Waals surface area contributed by atoms with Crippen molar-refractivity contribution in [1.82, 2.24) is 4.98 Å². The normalized spacial score (nSPS) is 22.2. The molecule has 2 N–H and O–H groups in total. The number of carbonyl (C=O) groups excluding carboxylic acids is 2. The first-order valence-electron chi connectivity index (χ1n) is 16.1. The van der Waals surface area contributed by atoms with E-state index in [1.54, 1.807) is 25.4 Å². The Balaban J connectivity index is 1.13. The molecule has 2 fully saturated rings. The third-order valence-corrected chi connectivity index (χ3v) is 10.00. The molecular weight excluding hydrogens is 670 g/mol. The van der Waals surface area contributed by atoms with Crippen molar-refractivity contribution in [3.8, 4) is 5.75 Å². The molecule has 3 heterocycles. The van der Waals surface area contributed by atoms with Crippen molar-refractivity contribution in [1.29, 1.82) is 0 Å². The molecule has 9 heteroatoms. The van der Waals surface area contributed by atoms with Crippen LogP contribution in [0.2, 0.25) is 0 Å². The van der Waals surface area contributed by atoms with E-state index < -0.39 is 11.8 Å². The molecule has 4 aromatic rings. The number of fused-ring (bicyclic) bond motifs is 3. The van der Waals surface area contributed by atoms with Crippen LogP contribution in [0, 0.1) is 17.8 Å². The van der Waals surface area contributed by atoms with Crippen molar-refractivity contribution in [3.63, 3.8) is 0 Å². The lowest BCUT2D eigenvalue weighted by Gasteiger charge is -2.31. The number of anilines is 3. The minimum absolute atomic E-state index is 0.168. The number of methoxy groups -OCH3 is 1. The van der Waals surface area contributed by atoms with Crippen LogP contribution in [0.4, 0.5) is 17.1 Å². The molecule has 0 spiro atoms. The van der Waals surface area contributed by atoms with Gasteiger partial charge in [-0.2, -0.15) is 0 Å². The van der Waals surface area contributed by atoms with Crippen LogP contribution in [-0.2, 0) is 19.1 Å². The monoisotopic (exact) mass is 705 g/mol. The first-order chi connectivity index (χ1) is 23.4. The van der Waals surface area contributed by atoms with E-state index in [2.05, 4.69) is 26.2 Å². The summed E-state index contributed by atoms with van der Waals surface area (Å²) in [7, 11) is 1.66. The lowest BCUT2D eigenvalue weighted by Crippen LogP contribution is -2.35. The summed E-state index contributed by atoms with van der Waals surface area (Å²) in [5.41, 5.74) is 7.00. The van der Waals surface area contributed by atoms with E-state index in [4.69, 9.17) is 9.47 Å². The van der Waals surface area contributed by atoms with E-state index in [-0.39, 0.29) is 29.6 Å². The zero-order valence-electron chi connectivity index (χ0n) is 26.5. The number of rotatable bonds is 10. The van der Waals surface area contributed by atoms with Crippen LogP contribution < -0.4 is 10.2 Å². The Morgan fingerprint density at radius 1 is 1.00 bits per heavy atom. The number of carbonyl (C=O) groups is 2. The van der Waals surface area contributed by atoms with Crippen molar-refractivity contribution in [2.24, 2.45) is 17.8 Å². The first-order valence-corrected chi connectivity index (χ1v) is 16.9. The fraction of sp³-hybridized carbons (Fsp3) is 0.256. The second-order valence-electron chi connectivity index (χ2n) is 12.4. The number of imide groups is 1. The first kappa shape index (κ1) is 32.0. The molecule has 244 valence electrons. The Morgan fingerprint density at radius 3 is 2.52 bits per heavy atom. The van der Waals surface area contributed by atoms with Crippen molar-refractivity contribution in [3.05, 3.63) is 124 Å². The molecule has 4 atom stereocenters.